The van der Waals surface area contributed by atoms with E-state index in [1.165, 1.54) is 16.7 Å². The number of aryl methyl sites for hydroxylation is 3. The molecule has 0 spiro atoms. The first kappa shape index (κ1) is 11.0. The maximum Gasteiger partial charge on any atom is 0.192 e. The molecular weight excluding hydrogens is 222 g/mol. The fourth-order valence-electron chi connectivity index (χ4n) is 2.20. The van der Waals surface area contributed by atoms with Gasteiger partial charge in [0.15, 0.2) is 11.5 Å². The van der Waals surface area contributed by atoms with E-state index in [1.54, 1.807) is 0 Å². The molecule has 90 valence electrons. The van der Waals surface area contributed by atoms with Crippen LogP contribution in [0.1, 0.15) is 17.0 Å². The molecule has 0 fully saturated rings. The molecule has 0 saturated carbocycles. The predicted octanol–water partition coefficient (Wildman–Crippen LogP) is 4.42. The summed E-state index contributed by atoms with van der Waals surface area (Å²) in [6.07, 6.45) is 0. The number of fused-ring (bicyclic) bond motifs is 1. The lowest BCUT2D eigenvalue weighted by molar-refractivity contribution is 0.562. The molecule has 0 aliphatic heterocycles. The summed E-state index contributed by atoms with van der Waals surface area (Å²) in [5.74, 6) is 0.710. The number of rotatable bonds is 1. The highest BCUT2D eigenvalue weighted by Gasteiger charge is 2.09. The van der Waals surface area contributed by atoms with Gasteiger partial charge in [-0.3, -0.25) is 0 Å². The van der Waals surface area contributed by atoms with Gasteiger partial charge in [-0.2, -0.15) is 0 Å². The first-order valence-electron chi connectivity index (χ1n) is 6.09. The summed E-state index contributed by atoms with van der Waals surface area (Å²) in [5.41, 5.74) is 6.68. The van der Waals surface area contributed by atoms with Crippen molar-refractivity contribution in [2.24, 2.45) is 0 Å². The number of hydrogen-bond acceptors (Lipinski definition) is 2. The average molecular weight is 237 g/mol. The Bertz CT molecular complexity index is 725. The van der Waals surface area contributed by atoms with Crippen molar-refractivity contribution in [3.63, 3.8) is 0 Å². The Kier molecular flexibility index (Phi) is 2.44. The molecule has 2 heteroatoms. The summed E-state index contributed by atoms with van der Waals surface area (Å²) in [7, 11) is 0. The fourth-order valence-corrected chi connectivity index (χ4v) is 2.20. The fraction of sp³-hybridized carbons (Fsp3) is 0.188. The van der Waals surface area contributed by atoms with Crippen molar-refractivity contribution >= 4 is 11.1 Å². The Morgan fingerprint density at radius 3 is 2.56 bits per heavy atom. The first-order chi connectivity index (χ1) is 8.65. The first-order valence-corrected chi connectivity index (χ1v) is 6.09. The summed E-state index contributed by atoms with van der Waals surface area (Å²) >= 11 is 0. The Morgan fingerprint density at radius 2 is 1.78 bits per heavy atom. The molecule has 0 amide bonds. The monoisotopic (exact) mass is 237 g/mol. The van der Waals surface area contributed by atoms with Gasteiger partial charge in [0, 0.05) is 12.5 Å². The van der Waals surface area contributed by atoms with E-state index in [1.807, 2.05) is 19.1 Å². The molecular formula is C16H15NO. The van der Waals surface area contributed by atoms with Gasteiger partial charge < -0.3 is 4.42 Å². The molecule has 2 nitrogen and oxygen atoms in total. The molecule has 0 unspecified atom stereocenters. The topological polar surface area (TPSA) is 26.0 Å². The van der Waals surface area contributed by atoms with Gasteiger partial charge in [0.05, 0.1) is 0 Å². The Morgan fingerprint density at radius 1 is 0.944 bits per heavy atom. The van der Waals surface area contributed by atoms with Crippen LogP contribution >= 0.6 is 0 Å². The summed E-state index contributed by atoms with van der Waals surface area (Å²) in [6.45, 7) is 6.13. The summed E-state index contributed by atoms with van der Waals surface area (Å²) in [5, 5.41) is 0. The van der Waals surface area contributed by atoms with E-state index in [4.69, 9.17) is 4.42 Å². The van der Waals surface area contributed by atoms with E-state index in [2.05, 4.69) is 43.1 Å². The summed E-state index contributed by atoms with van der Waals surface area (Å²) < 4.78 is 5.71. The molecule has 3 rings (SSSR count). The standard InChI is InChI=1S/C16H15NO/c1-10-7-8-13(9-11(10)2)14-5-4-6-15-16(14)18-12(3)17-15/h4-9H,1-3H3. The van der Waals surface area contributed by atoms with Crippen molar-refractivity contribution in [3.05, 3.63) is 53.4 Å². The molecule has 0 aliphatic carbocycles. The van der Waals surface area contributed by atoms with Gasteiger partial charge in [0.1, 0.15) is 5.52 Å². The lowest BCUT2D eigenvalue weighted by atomic mass is 10.00. The summed E-state index contributed by atoms with van der Waals surface area (Å²) in [6, 6.07) is 12.6. The Labute approximate surface area is 106 Å². The van der Waals surface area contributed by atoms with E-state index in [-0.39, 0.29) is 0 Å². The van der Waals surface area contributed by atoms with Crippen LogP contribution in [-0.4, -0.2) is 4.98 Å². The average Bonchev–Trinajstić information content (AvgIpc) is 2.72. The Hall–Kier alpha value is -2.09. The van der Waals surface area contributed by atoms with Gasteiger partial charge in [-0.1, -0.05) is 30.3 Å². The van der Waals surface area contributed by atoms with Crippen molar-refractivity contribution in [3.8, 4) is 11.1 Å². The molecule has 0 radical (unpaired) electrons. The van der Waals surface area contributed by atoms with Crippen LogP contribution in [-0.2, 0) is 0 Å². The largest absolute Gasteiger partial charge is 0.440 e. The van der Waals surface area contributed by atoms with Gasteiger partial charge in [-0.25, -0.2) is 4.98 Å². The van der Waals surface area contributed by atoms with Crippen LogP contribution in [0.2, 0.25) is 0 Å². The van der Waals surface area contributed by atoms with E-state index < -0.39 is 0 Å². The molecule has 3 aromatic rings. The molecule has 0 saturated heterocycles. The van der Waals surface area contributed by atoms with Crippen molar-refractivity contribution in [1.82, 2.24) is 4.98 Å². The molecule has 0 N–H and O–H groups in total. The molecule has 18 heavy (non-hydrogen) atoms. The minimum atomic E-state index is 0.710. The second kappa shape index (κ2) is 3.98. The molecule has 1 heterocycles. The molecule has 0 bridgehead atoms. The highest BCUT2D eigenvalue weighted by molar-refractivity contribution is 5.90. The zero-order valence-corrected chi connectivity index (χ0v) is 10.8. The van der Waals surface area contributed by atoms with Gasteiger partial charge in [-0.15, -0.1) is 0 Å². The predicted molar refractivity (Wildman–Crippen MR) is 73.7 cm³/mol. The van der Waals surface area contributed by atoms with Crippen molar-refractivity contribution in [1.29, 1.82) is 0 Å². The van der Waals surface area contributed by atoms with Crippen LogP contribution in [0.3, 0.4) is 0 Å². The second-order valence-corrected chi connectivity index (χ2v) is 4.69. The highest BCUT2D eigenvalue weighted by atomic mass is 16.3. The maximum absolute atomic E-state index is 5.71. The van der Waals surface area contributed by atoms with Crippen molar-refractivity contribution in [2.75, 3.05) is 0 Å². The third-order valence-corrected chi connectivity index (χ3v) is 3.34. The van der Waals surface area contributed by atoms with Crippen LogP contribution in [0.5, 0.6) is 0 Å². The van der Waals surface area contributed by atoms with Crippen LogP contribution in [0.4, 0.5) is 0 Å². The van der Waals surface area contributed by atoms with E-state index in [0.29, 0.717) is 5.89 Å². The third kappa shape index (κ3) is 1.70. The number of aromatic nitrogens is 1. The number of para-hydroxylation sites is 1. The van der Waals surface area contributed by atoms with Crippen LogP contribution < -0.4 is 0 Å². The lowest BCUT2D eigenvalue weighted by Crippen LogP contribution is -1.84. The highest BCUT2D eigenvalue weighted by Crippen LogP contribution is 2.30. The molecule has 0 atom stereocenters. The minimum Gasteiger partial charge on any atom is -0.440 e. The van der Waals surface area contributed by atoms with E-state index in [9.17, 15) is 0 Å². The minimum absolute atomic E-state index is 0.710. The van der Waals surface area contributed by atoms with Gasteiger partial charge in [-0.05, 0) is 36.6 Å². The van der Waals surface area contributed by atoms with Crippen molar-refractivity contribution < 1.29 is 4.42 Å². The van der Waals surface area contributed by atoms with Crippen LogP contribution in [0.15, 0.2) is 40.8 Å². The molecule has 2 aromatic carbocycles. The lowest BCUT2D eigenvalue weighted by Gasteiger charge is -2.05. The maximum atomic E-state index is 5.71. The number of hydrogen-bond donors (Lipinski definition) is 0. The van der Waals surface area contributed by atoms with Crippen molar-refractivity contribution in [2.45, 2.75) is 20.8 Å². The number of benzene rings is 2. The number of nitrogens with zero attached hydrogens (tertiary/aromatic N) is 1. The SMILES string of the molecule is Cc1nc2cccc(-c3ccc(C)c(C)c3)c2o1. The Balaban J connectivity index is 2.27. The van der Waals surface area contributed by atoms with Crippen LogP contribution in [0.25, 0.3) is 22.2 Å². The molecule has 0 aliphatic rings. The normalized spacial score (nSPS) is 11.1. The molecule has 1 aromatic heterocycles. The number of oxazole rings is 1. The van der Waals surface area contributed by atoms with Gasteiger partial charge in [0.2, 0.25) is 0 Å². The third-order valence-electron chi connectivity index (χ3n) is 3.34. The zero-order chi connectivity index (χ0) is 12.7. The quantitative estimate of drug-likeness (QED) is 0.626. The van der Waals surface area contributed by atoms with E-state index in [0.717, 1.165) is 16.7 Å². The van der Waals surface area contributed by atoms with Gasteiger partial charge >= 0.3 is 0 Å². The zero-order valence-electron chi connectivity index (χ0n) is 10.8. The van der Waals surface area contributed by atoms with E-state index >= 15 is 0 Å². The second-order valence-electron chi connectivity index (χ2n) is 4.69. The summed E-state index contributed by atoms with van der Waals surface area (Å²) in [4.78, 5) is 4.37. The van der Waals surface area contributed by atoms with Crippen LogP contribution in [0, 0.1) is 20.8 Å². The van der Waals surface area contributed by atoms with Gasteiger partial charge in [0.25, 0.3) is 0 Å². The smallest absolute Gasteiger partial charge is 0.192 e.